The van der Waals surface area contributed by atoms with E-state index in [9.17, 15) is 24.0 Å². The van der Waals surface area contributed by atoms with Crippen LogP contribution in [0.3, 0.4) is 0 Å². The number of ether oxygens (including phenoxy) is 1. The van der Waals surface area contributed by atoms with Gasteiger partial charge in [-0.25, -0.2) is 14.2 Å². The molecule has 138 valence electrons. The van der Waals surface area contributed by atoms with Crippen LogP contribution in [0, 0.1) is 10.7 Å². The molecule has 3 rings (SSSR count). The number of aromatic carboxylic acids is 1. The molecule has 1 atom stereocenters. The average molecular weight is 364 g/mol. The van der Waals surface area contributed by atoms with Gasteiger partial charge in [0.15, 0.2) is 11.6 Å². The van der Waals surface area contributed by atoms with Gasteiger partial charge < -0.3 is 19.7 Å². The van der Waals surface area contributed by atoms with Gasteiger partial charge in [0.25, 0.3) is 0 Å². The van der Waals surface area contributed by atoms with Crippen molar-refractivity contribution in [2.75, 3.05) is 31.8 Å². The van der Waals surface area contributed by atoms with Crippen LogP contribution >= 0.6 is 0 Å². The molecule has 1 aromatic heterocycles. The molecule has 0 saturated heterocycles. The summed E-state index contributed by atoms with van der Waals surface area (Å²) >= 11 is 0. The topological polar surface area (TPSA) is 113 Å². The highest BCUT2D eigenvalue weighted by atomic mass is 19.1. The molecule has 2 aromatic rings. The fourth-order valence-electron chi connectivity index (χ4n) is 3.02. The Balaban J connectivity index is 2.37. The molecule has 2 heterocycles. The van der Waals surface area contributed by atoms with Crippen LogP contribution < -0.4 is 20.5 Å². The maximum atomic E-state index is 14.8. The van der Waals surface area contributed by atoms with Crippen molar-refractivity contribution in [2.24, 2.45) is 5.29 Å². The maximum absolute atomic E-state index is 14.8. The van der Waals surface area contributed by atoms with Gasteiger partial charge in [-0.05, 0) is 20.0 Å². The number of hydrogen-bond donors (Lipinski definition) is 2. The molecule has 2 N–H and O–H groups in total. The molecule has 0 amide bonds. The fourth-order valence-corrected chi connectivity index (χ4v) is 3.02. The molecule has 0 saturated carbocycles. The number of halogens is 1. The number of nitroso groups, excluding NO2 is 1. The zero-order chi connectivity index (χ0) is 19.0. The second-order valence-electron chi connectivity index (χ2n) is 5.98. The standard InChI is InChI=1S/C16H17FN4O5/c1-8-7-26-15-12-9(14(22)10(16(23)24)6-20(8)12)5-11(17)13(15)21(19-25)4-3-18-2/h5-6,8,18H,3-4,7H2,1-2H3,(H,23,24)/t8-/m0/s1. The van der Waals surface area contributed by atoms with Crippen LogP contribution in [0.1, 0.15) is 23.3 Å². The van der Waals surface area contributed by atoms with E-state index in [0.717, 1.165) is 11.1 Å². The van der Waals surface area contributed by atoms with E-state index in [0.29, 0.717) is 6.54 Å². The summed E-state index contributed by atoms with van der Waals surface area (Å²) in [5.41, 5.74) is -1.20. The normalized spacial score (nSPS) is 15.6. The van der Waals surface area contributed by atoms with E-state index in [2.05, 4.69) is 10.6 Å². The fraction of sp³-hybridized carbons (Fsp3) is 0.375. The minimum atomic E-state index is -1.39. The van der Waals surface area contributed by atoms with Crippen molar-refractivity contribution in [3.8, 4) is 5.75 Å². The molecule has 0 radical (unpaired) electrons. The number of rotatable bonds is 6. The molecule has 0 bridgehead atoms. The number of benzene rings is 1. The molecular formula is C16H17FN4O5. The van der Waals surface area contributed by atoms with Crippen molar-refractivity contribution >= 4 is 22.6 Å². The first-order valence-corrected chi connectivity index (χ1v) is 7.93. The zero-order valence-corrected chi connectivity index (χ0v) is 14.2. The highest BCUT2D eigenvalue weighted by Gasteiger charge is 2.30. The predicted octanol–water partition coefficient (Wildman–Crippen LogP) is 1.50. The second kappa shape index (κ2) is 6.71. The maximum Gasteiger partial charge on any atom is 0.341 e. The number of pyridine rings is 1. The van der Waals surface area contributed by atoms with Crippen LogP contribution in [0.2, 0.25) is 0 Å². The van der Waals surface area contributed by atoms with Gasteiger partial charge in [0.1, 0.15) is 17.9 Å². The third-order valence-electron chi connectivity index (χ3n) is 4.30. The molecule has 1 aliphatic heterocycles. The highest BCUT2D eigenvalue weighted by Crippen LogP contribution is 2.41. The van der Waals surface area contributed by atoms with Crippen molar-refractivity contribution in [1.29, 1.82) is 0 Å². The average Bonchev–Trinajstić information content (AvgIpc) is 2.61. The van der Waals surface area contributed by atoms with Crippen molar-refractivity contribution in [3.05, 3.63) is 38.8 Å². The lowest BCUT2D eigenvalue weighted by atomic mass is 10.1. The number of carbonyl (C=O) groups is 1. The van der Waals surface area contributed by atoms with Gasteiger partial charge in [-0.15, -0.1) is 4.91 Å². The van der Waals surface area contributed by atoms with E-state index >= 15 is 0 Å². The lowest BCUT2D eigenvalue weighted by Crippen LogP contribution is -2.30. The number of carboxylic acids is 1. The first kappa shape index (κ1) is 17.8. The van der Waals surface area contributed by atoms with Crippen molar-refractivity contribution in [1.82, 2.24) is 9.88 Å². The van der Waals surface area contributed by atoms with E-state index in [1.54, 1.807) is 18.5 Å². The lowest BCUT2D eigenvalue weighted by molar-refractivity contribution is 0.0694. The second-order valence-corrected chi connectivity index (χ2v) is 5.98. The largest absolute Gasteiger partial charge is 0.487 e. The van der Waals surface area contributed by atoms with Crippen LogP contribution in [0.15, 0.2) is 22.3 Å². The van der Waals surface area contributed by atoms with Crippen molar-refractivity contribution < 1.29 is 19.0 Å². The zero-order valence-electron chi connectivity index (χ0n) is 14.2. The number of nitrogens with one attached hydrogen (secondary N) is 1. The quantitative estimate of drug-likeness (QED) is 0.590. The number of anilines is 1. The summed E-state index contributed by atoms with van der Waals surface area (Å²) in [4.78, 5) is 35.1. The Morgan fingerprint density at radius 3 is 2.92 bits per heavy atom. The molecule has 26 heavy (non-hydrogen) atoms. The molecule has 10 heteroatoms. The summed E-state index contributed by atoms with van der Waals surface area (Å²) < 4.78 is 21.9. The summed E-state index contributed by atoms with van der Waals surface area (Å²) in [6.07, 6.45) is 1.22. The number of likely N-dealkylation sites (N-methyl/N-ethyl adjacent to an activating group) is 1. The Morgan fingerprint density at radius 2 is 2.31 bits per heavy atom. The Kier molecular flexibility index (Phi) is 4.60. The van der Waals surface area contributed by atoms with Crippen LogP contribution in [0.25, 0.3) is 10.9 Å². The summed E-state index contributed by atoms with van der Waals surface area (Å²) in [7, 11) is 1.67. The third kappa shape index (κ3) is 2.68. The van der Waals surface area contributed by atoms with Crippen LogP contribution in [0.4, 0.5) is 10.1 Å². The van der Waals surface area contributed by atoms with Gasteiger partial charge in [-0.1, -0.05) is 0 Å². The molecule has 0 unspecified atom stereocenters. The number of hydrogen-bond acceptors (Lipinski definition) is 6. The summed E-state index contributed by atoms with van der Waals surface area (Å²) in [5.74, 6) is -2.28. The minimum absolute atomic E-state index is 0.00263. The first-order chi connectivity index (χ1) is 12.4. The van der Waals surface area contributed by atoms with Gasteiger partial charge >= 0.3 is 5.97 Å². The molecule has 1 aromatic carbocycles. The van der Waals surface area contributed by atoms with E-state index < -0.39 is 22.8 Å². The molecule has 0 aliphatic carbocycles. The van der Waals surface area contributed by atoms with E-state index in [1.165, 1.54) is 6.20 Å². The molecule has 1 aliphatic rings. The van der Waals surface area contributed by atoms with Gasteiger partial charge in [0, 0.05) is 12.7 Å². The van der Waals surface area contributed by atoms with Crippen LogP contribution in [-0.2, 0) is 0 Å². The van der Waals surface area contributed by atoms with Crippen LogP contribution in [0.5, 0.6) is 5.75 Å². The third-order valence-corrected chi connectivity index (χ3v) is 4.30. The Bertz CT molecular complexity index is 958. The molecule has 9 nitrogen and oxygen atoms in total. The summed E-state index contributed by atoms with van der Waals surface area (Å²) in [6, 6.07) is 0.648. The number of carboxylic acid groups (broad SMARTS) is 1. The van der Waals surface area contributed by atoms with Gasteiger partial charge in [-0.2, -0.15) is 0 Å². The Labute approximate surface area is 146 Å². The highest BCUT2D eigenvalue weighted by molar-refractivity contribution is 5.97. The Morgan fingerprint density at radius 1 is 1.58 bits per heavy atom. The van der Waals surface area contributed by atoms with Crippen LogP contribution in [-0.4, -0.2) is 42.4 Å². The molecular weight excluding hydrogens is 347 g/mol. The van der Waals surface area contributed by atoms with Crippen molar-refractivity contribution in [3.63, 3.8) is 0 Å². The summed E-state index contributed by atoms with van der Waals surface area (Å²) in [5, 5.41) is 15.7. The van der Waals surface area contributed by atoms with E-state index in [1.807, 2.05) is 0 Å². The monoisotopic (exact) mass is 364 g/mol. The molecule has 0 spiro atoms. The summed E-state index contributed by atoms with van der Waals surface area (Å²) in [6.45, 7) is 2.35. The van der Waals surface area contributed by atoms with Gasteiger partial charge in [0.2, 0.25) is 5.43 Å². The van der Waals surface area contributed by atoms with Gasteiger partial charge in [-0.3, -0.25) is 4.79 Å². The number of aromatic nitrogens is 1. The predicted molar refractivity (Wildman–Crippen MR) is 92.4 cm³/mol. The smallest absolute Gasteiger partial charge is 0.341 e. The first-order valence-electron chi connectivity index (χ1n) is 7.93. The SMILES string of the molecule is CNCCN(N=O)c1c(F)cc2c(=O)c(C(=O)O)cn3c2c1OC[C@@H]3C. The van der Waals surface area contributed by atoms with E-state index in [-0.39, 0.29) is 41.5 Å². The van der Waals surface area contributed by atoms with Crippen molar-refractivity contribution in [2.45, 2.75) is 13.0 Å². The Hall–Kier alpha value is -3.01. The minimum Gasteiger partial charge on any atom is -0.487 e. The van der Waals surface area contributed by atoms with E-state index in [4.69, 9.17) is 4.74 Å². The van der Waals surface area contributed by atoms with Gasteiger partial charge in [0.05, 0.1) is 28.8 Å². The lowest BCUT2D eigenvalue weighted by Gasteiger charge is -2.30. The number of nitrogens with zero attached hydrogens (tertiary/aromatic N) is 3. The molecule has 0 fully saturated rings.